The van der Waals surface area contributed by atoms with Crippen LogP contribution in [0.4, 0.5) is 22.7 Å². The van der Waals surface area contributed by atoms with Gasteiger partial charge >= 0.3 is 5.97 Å². The van der Waals surface area contributed by atoms with Gasteiger partial charge in [-0.2, -0.15) is 18.7 Å². The lowest BCUT2D eigenvalue weighted by Gasteiger charge is -2.21. The fourth-order valence-corrected chi connectivity index (χ4v) is 5.04. The van der Waals surface area contributed by atoms with Crippen molar-refractivity contribution >= 4 is 56.0 Å². The van der Waals surface area contributed by atoms with Crippen molar-refractivity contribution in [2.45, 2.75) is 24.8 Å². The van der Waals surface area contributed by atoms with Gasteiger partial charge in [-0.25, -0.2) is 8.42 Å². The SMILES string of the molecule is CC(C)[C@@H](NS(=O)(=O)c1cccc2c1N=S=N2)C(=O)OCC(=O)Nc1ccc([N+](=O)[O-])cc1C#N. The molecule has 0 fully saturated rings. The summed E-state index contributed by atoms with van der Waals surface area (Å²) in [6, 6.07) is 8.12. The van der Waals surface area contributed by atoms with Crippen molar-refractivity contribution in [3.05, 3.63) is 52.1 Å². The number of nitro benzene ring substituents is 1. The number of hydrogen-bond donors (Lipinski definition) is 2. The zero-order valence-electron chi connectivity index (χ0n) is 18.3. The van der Waals surface area contributed by atoms with Crippen molar-refractivity contribution in [2.24, 2.45) is 14.6 Å². The fourth-order valence-electron chi connectivity index (χ4n) is 2.95. The van der Waals surface area contributed by atoms with Gasteiger partial charge in [0, 0.05) is 12.1 Å². The number of nitriles is 1. The van der Waals surface area contributed by atoms with Crippen LogP contribution >= 0.6 is 0 Å². The number of nitrogens with zero attached hydrogens (tertiary/aromatic N) is 4. The minimum Gasteiger partial charge on any atom is -0.454 e. The topological polar surface area (TPSA) is 193 Å². The van der Waals surface area contributed by atoms with Gasteiger partial charge in [0.2, 0.25) is 10.0 Å². The predicted molar refractivity (Wildman–Crippen MR) is 124 cm³/mol. The van der Waals surface area contributed by atoms with Crippen molar-refractivity contribution in [2.75, 3.05) is 11.9 Å². The van der Waals surface area contributed by atoms with Crippen LogP contribution in [0.5, 0.6) is 0 Å². The second-order valence-electron chi connectivity index (χ2n) is 7.49. The van der Waals surface area contributed by atoms with Crippen LogP contribution in [0.15, 0.2) is 50.0 Å². The number of sulfonamides is 1. The van der Waals surface area contributed by atoms with Crippen molar-refractivity contribution in [3.8, 4) is 6.07 Å². The lowest BCUT2D eigenvalue weighted by atomic mass is 10.1. The number of fused-ring (bicyclic) bond motifs is 1. The van der Waals surface area contributed by atoms with Gasteiger partial charge in [-0.1, -0.05) is 19.9 Å². The molecule has 0 bridgehead atoms. The number of ether oxygens (including phenoxy) is 1. The zero-order valence-corrected chi connectivity index (χ0v) is 19.9. The number of rotatable bonds is 9. The molecule has 2 aromatic rings. The lowest BCUT2D eigenvalue weighted by molar-refractivity contribution is -0.384. The van der Waals surface area contributed by atoms with E-state index >= 15 is 0 Å². The molecule has 0 saturated carbocycles. The molecule has 2 N–H and O–H groups in total. The molecule has 1 aliphatic heterocycles. The smallest absolute Gasteiger partial charge is 0.324 e. The van der Waals surface area contributed by atoms with Gasteiger partial charge in [0.25, 0.3) is 11.6 Å². The van der Waals surface area contributed by atoms with Crippen molar-refractivity contribution in [3.63, 3.8) is 0 Å². The van der Waals surface area contributed by atoms with E-state index in [0.29, 0.717) is 5.69 Å². The quantitative estimate of drug-likeness (QED) is 0.245. The summed E-state index contributed by atoms with van der Waals surface area (Å²) in [5.74, 6) is -2.35. The summed E-state index contributed by atoms with van der Waals surface area (Å²) in [6.45, 7) is 2.41. The standard InChI is InChI=1S/C20H18N6O7S2/c1-11(2)18(25-35(31,32)16-5-3-4-15-19(16)24-34-23-15)20(28)33-10-17(27)22-14-7-6-13(26(29)30)8-12(14)9-21/h3-8,11,18,25H,10H2,1-2H3,(H,22,27)/t18-/m1/s1. The van der Waals surface area contributed by atoms with Crippen LogP contribution in [0.3, 0.4) is 0 Å². The first-order valence-electron chi connectivity index (χ1n) is 9.92. The Kier molecular flexibility index (Phi) is 7.69. The van der Waals surface area contributed by atoms with E-state index in [1.165, 1.54) is 18.2 Å². The Morgan fingerprint density at radius 2 is 2.00 bits per heavy atom. The van der Waals surface area contributed by atoms with Gasteiger partial charge in [0.15, 0.2) is 6.61 Å². The number of carbonyl (C=O) groups excluding carboxylic acids is 2. The predicted octanol–water partition coefficient (Wildman–Crippen LogP) is 2.68. The van der Waals surface area contributed by atoms with Gasteiger partial charge in [0.1, 0.15) is 28.4 Å². The number of benzene rings is 2. The molecular formula is C20H18N6O7S2. The third-order valence-electron chi connectivity index (χ3n) is 4.70. The summed E-state index contributed by atoms with van der Waals surface area (Å²) < 4.78 is 41.2. The van der Waals surface area contributed by atoms with E-state index in [9.17, 15) is 28.1 Å². The Labute approximate surface area is 203 Å². The molecule has 0 radical (unpaired) electrons. The number of hydrogen-bond acceptors (Lipinski definition) is 10. The Balaban J connectivity index is 1.67. The molecule has 3 rings (SSSR count). The summed E-state index contributed by atoms with van der Waals surface area (Å²) in [5.41, 5.74) is 0.0580. The number of non-ortho nitro benzene ring substituents is 1. The molecule has 1 heterocycles. The third kappa shape index (κ3) is 5.93. The Bertz CT molecular complexity index is 1430. The molecule has 15 heteroatoms. The van der Waals surface area contributed by atoms with E-state index in [1.54, 1.807) is 26.0 Å². The first-order chi connectivity index (χ1) is 16.5. The molecule has 13 nitrogen and oxygen atoms in total. The van der Waals surface area contributed by atoms with E-state index in [4.69, 9.17) is 10.00 Å². The minimum absolute atomic E-state index is 0.00905. The maximum absolute atomic E-state index is 12.9. The van der Waals surface area contributed by atoms with Crippen LogP contribution in [0, 0.1) is 27.4 Å². The van der Waals surface area contributed by atoms with Crippen LogP contribution in [0.1, 0.15) is 19.4 Å². The van der Waals surface area contributed by atoms with Crippen LogP contribution in [0.25, 0.3) is 0 Å². The van der Waals surface area contributed by atoms with Gasteiger partial charge in [-0.15, -0.1) is 0 Å². The molecule has 182 valence electrons. The van der Waals surface area contributed by atoms with Crippen molar-refractivity contribution in [1.82, 2.24) is 4.72 Å². The molecule has 0 spiro atoms. The highest BCUT2D eigenvalue weighted by Crippen LogP contribution is 2.37. The number of anilines is 1. The van der Waals surface area contributed by atoms with E-state index in [2.05, 4.69) is 18.8 Å². The Hall–Kier alpha value is -4.00. The molecule has 1 atom stereocenters. The van der Waals surface area contributed by atoms with Crippen LogP contribution in [0.2, 0.25) is 0 Å². The van der Waals surface area contributed by atoms with Gasteiger partial charge in [-0.05, 0) is 24.1 Å². The Morgan fingerprint density at radius 1 is 1.26 bits per heavy atom. The maximum atomic E-state index is 12.9. The molecule has 0 aliphatic carbocycles. The van der Waals surface area contributed by atoms with Crippen molar-refractivity contribution in [1.29, 1.82) is 5.26 Å². The van der Waals surface area contributed by atoms with E-state index in [0.717, 1.165) is 23.5 Å². The first kappa shape index (κ1) is 25.6. The molecule has 1 amide bonds. The number of nitrogens with one attached hydrogen (secondary N) is 2. The van der Waals surface area contributed by atoms with Gasteiger partial charge in [-0.3, -0.25) is 19.7 Å². The molecule has 0 saturated heterocycles. The average Bonchev–Trinajstić information content (AvgIpc) is 3.30. The summed E-state index contributed by atoms with van der Waals surface area (Å²) in [4.78, 5) is 34.9. The van der Waals surface area contributed by atoms with E-state index in [-0.39, 0.29) is 27.5 Å². The van der Waals surface area contributed by atoms with Gasteiger partial charge in [0.05, 0.1) is 27.5 Å². The highest BCUT2D eigenvalue weighted by atomic mass is 32.2. The molecule has 1 aliphatic rings. The lowest BCUT2D eigenvalue weighted by Crippen LogP contribution is -2.45. The molecule has 0 aromatic heterocycles. The molecule has 2 aromatic carbocycles. The molecular weight excluding hydrogens is 500 g/mol. The molecule has 0 unspecified atom stereocenters. The normalized spacial score (nSPS) is 12.9. The summed E-state index contributed by atoms with van der Waals surface area (Å²) in [5, 5.41) is 22.3. The number of amides is 1. The first-order valence-corrected chi connectivity index (χ1v) is 12.1. The highest BCUT2D eigenvalue weighted by molar-refractivity contribution is 7.89. The van der Waals surface area contributed by atoms with E-state index in [1.807, 2.05) is 0 Å². The van der Waals surface area contributed by atoms with Gasteiger partial charge < -0.3 is 10.1 Å². The van der Waals surface area contributed by atoms with Crippen LogP contribution < -0.4 is 10.0 Å². The number of carbonyl (C=O) groups is 2. The molecule has 35 heavy (non-hydrogen) atoms. The largest absolute Gasteiger partial charge is 0.454 e. The zero-order chi connectivity index (χ0) is 25.8. The van der Waals surface area contributed by atoms with Crippen LogP contribution in [-0.4, -0.2) is 37.9 Å². The second-order valence-corrected chi connectivity index (χ2v) is 9.70. The number of esters is 1. The monoisotopic (exact) mass is 518 g/mol. The van der Waals surface area contributed by atoms with Crippen molar-refractivity contribution < 1.29 is 27.7 Å². The maximum Gasteiger partial charge on any atom is 0.324 e. The Morgan fingerprint density at radius 3 is 2.66 bits per heavy atom. The average molecular weight is 519 g/mol. The summed E-state index contributed by atoms with van der Waals surface area (Å²) >= 11 is 0.850. The van der Waals surface area contributed by atoms with E-state index < -0.39 is 45.4 Å². The second kappa shape index (κ2) is 10.5. The highest BCUT2D eigenvalue weighted by Gasteiger charge is 2.32. The van der Waals surface area contributed by atoms with Crippen LogP contribution in [-0.2, 0) is 35.7 Å². The number of nitro groups is 1. The fraction of sp³-hybridized carbons (Fsp3) is 0.250. The minimum atomic E-state index is -4.19. The third-order valence-corrected chi connectivity index (χ3v) is 6.71. The summed E-state index contributed by atoms with van der Waals surface area (Å²) in [6.07, 6.45) is 0. The summed E-state index contributed by atoms with van der Waals surface area (Å²) in [7, 11) is -4.19.